The first-order valence-corrected chi connectivity index (χ1v) is 7.45. The normalized spacial score (nSPS) is 27.5. The first-order chi connectivity index (χ1) is 9.11. The lowest BCUT2D eigenvalue weighted by Gasteiger charge is -2.48. The average Bonchev–Trinajstić information content (AvgIpc) is 2.85. The number of imidazole rings is 1. The third kappa shape index (κ3) is 2.32. The van der Waals surface area contributed by atoms with Crippen molar-refractivity contribution in [3.05, 3.63) is 18.2 Å². The Kier molecular flexibility index (Phi) is 3.39. The van der Waals surface area contributed by atoms with Crippen LogP contribution in [0, 0.1) is 5.92 Å². The standard InChI is InChI=1S/C15H24N2O2/c1-11(2)17-10-16-9-13(17)14(18)12-4-7-19-15(8-12)5-3-6-15/h9-12,14,18H,3-8H2,1-2H3. The molecular weight excluding hydrogens is 240 g/mol. The SMILES string of the molecule is CC(C)n1cncc1C(O)C1CCOC2(CCC2)C1. The topological polar surface area (TPSA) is 47.3 Å². The van der Waals surface area contributed by atoms with Crippen molar-refractivity contribution in [1.82, 2.24) is 9.55 Å². The maximum absolute atomic E-state index is 10.7. The number of nitrogens with zero attached hydrogens (tertiary/aromatic N) is 2. The Balaban J connectivity index is 1.75. The van der Waals surface area contributed by atoms with Crippen molar-refractivity contribution in [2.75, 3.05) is 6.61 Å². The number of hydrogen-bond acceptors (Lipinski definition) is 3. The molecule has 1 spiro atoms. The molecule has 2 unspecified atom stereocenters. The van der Waals surface area contributed by atoms with Crippen molar-refractivity contribution in [2.24, 2.45) is 5.92 Å². The first kappa shape index (κ1) is 13.1. The number of aliphatic hydroxyl groups excluding tert-OH is 1. The largest absolute Gasteiger partial charge is 0.387 e. The summed E-state index contributed by atoms with van der Waals surface area (Å²) >= 11 is 0. The second kappa shape index (κ2) is 4.91. The fourth-order valence-electron chi connectivity index (χ4n) is 3.47. The van der Waals surface area contributed by atoms with Crippen LogP contribution in [0.3, 0.4) is 0 Å². The van der Waals surface area contributed by atoms with Gasteiger partial charge in [0.05, 0.1) is 29.9 Å². The van der Waals surface area contributed by atoms with Gasteiger partial charge in [-0.25, -0.2) is 4.98 Å². The third-order valence-electron chi connectivity index (χ3n) is 4.80. The number of hydrogen-bond donors (Lipinski definition) is 1. The molecule has 19 heavy (non-hydrogen) atoms. The molecule has 1 aliphatic heterocycles. The Bertz CT molecular complexity index is 437. The predicted molar refractivity (Wildman–Crippen MR) is 72.8 cm³/mol. The van der Waals surface area contributed by atoms with E-state index in [1.165, 1.54) is 19.3 Å². The van der Waals surface area contributed by atoms with Gasteiger partial charge in [-0.15, -0.1) is 0 Å². The highest BCUT2D eigenvalue weighted by Gasteiger charge is 2.44. The van der Waals surface area contributed by atoms with Gasteiger partial charge in [0.25, 0.3) is 0 Å². The summed E-state index contributed by atoms with van der Waals surface area (Å²) in [5, 5.41) is 10.7. The van der Waals surface area contributed by atoms with E-state index in [-0.39, 0.29) is 5.60 Å². The molecule has 0 bridgehead atoms. The van der Waals surface area contributed by atoms with Crippen LogP contribution in [0.5, 0.6) is 0 Å². The van der Waals surface area contributed by atoms with Crippen LogP contribution in [-0.4, -0.2) is 26.9 Å². The van der Waals surface area contributed by atoms with Gasteiger partial charge < -0.3 is 14.4 Å². The quantitative estimate of drug-likeness (QED) is 0.913. The fourth-order valence-corrected chi connectivity index (χ4v) is 3.47. The molecule has 1 saturated carbocycles. The summed E-state index contributed by atoms with van der Waals surface area (Å²) in [4.78, 5) is 4.20. The lowest BCUT2D eigenvalue weighted by atomic mass is 9.70. The minimum Gasteiger partial charge on any atom is -0.387 e. The second-order valence-electron chi connectivity index (χ2n) is 6.40. The Morgan fingerprint density at radius 3 is 2.89 bits per heavy atom. The summed E-state index contributed by atoms with van der Waals surface area (Å²) in [6.45, 7) is 5.03. The first-order valence-electron chi connectivity index (χ1n) is 7.45. The third-order valence-corrected chi connectivity index (χ3v) is 4.80. The highest BCUT2D eigenvalue weighted by atomic mass is 16.5. The highest BCUT2D eigenvalue weighted by Crippen LogP contribution is 2.47. The lowest BCUT2D eigenvalue weighted by molar-refractivity contribution is -0.157. The van der Waals surface area contributed by atoms with E-state index >= 15 is 0 Å². The molecule has 3 rings (SSSR count). The number of rotatable bonds is 3. The van der Waals surface area contributed by atoms with Crippen molar-refractivity contribution < 1.29 is 9.84 Å². The van der Waals surface area contributed by atoms with E-state index in [1.807, 2.05) is 12.5 Å². The van der Waals surface area contributed by atoms with E-state index in [2.05, 4.69) is 23.4 Å². The summed E-state index contributed by atoms with van der Waals surface area (Å²) in [6.07, 6.45) is 8.77. The van der Waals surface area contributed by atoms with Crippen LogP contribution in [0.1, 0.15) is 63.8 Å². The molecule has 0 radical (unpaired) electrons. The average molecular weight is 264 g/mol. The molecule has 106 valence electrons. The monoisotopic (exact) mass is 264 g/mol. The van der Waals surface area contributed by atoms with E-state index in [0.29, 0.717) is 12.0 Å². The maximum atomic E-state index is 10.7. The van der Waals surface area contributed by atoms with Gasteiger partial charge in [-0.2, -0.15) is 0 Å². The molecule has 2 fully saturated rings. The molecule has 1 saturated heterocycles. The van der Waals surface area contributed by atoms with Crippen LogP contribution in [0.4, 0.5) is 0 Å². The summed E-state index contributed by atoms with van der Waals surface area (Å²) in [5.41, 5.74) is 1.04. The molecule has 1 N–H and O–H groups in total. The van der Waals surface area contributed by atoms with Crippen molar-refractivity contribution in [1.29, 1.82) is 0 Å². The highest BCUT2D eigenvalue weighted by molar-refractivity contribution is 5.07. The van der Waals surface area contributed by atoms with Crippen LogP contribution in [-0.2, 0) is 4.74 Å². The zero-order chi connectivity index (χ0) is 13.5. The Morgan fingerprint density at radius 2 is 2.26 bits per heavy atom. The van der Waals surface area contributed by atoms with Crippen LogP contribution >= 0.6 is 0 Å². The summed E-state index contributed by atoms with van der Waals surface area (Å²) in [6, 6.07) is 0.338. The van der Waals surface area contributed by atoms with Gasteiger partial charge in [0.2, 0.25) is 0 Å². The zero-order valence-electron chi connectivity index (χ0n) is 11.9. The molecule has 0 aromatic carbocycles. The summed E-state index contributed by atoms with van der Waals surface area (Å²) in [7, 11) is 0. The predicted octanol–water partition coefficient (Wildman–Crippen LogP) is 2.85. The molecule has 1 aliphatic carbocycles. The molecule has 4 heteroatoms. The molecule has 2 atom stereocenters. The summed E-state index contributed by atoms with van der Waals surface area (Å²) < 4.78 is 8.02. The molecule has 2 aliphatic rings. The molecule has 0 amide bonds. The van der Waals surface area contributed by atoms with E-state index in [1.54, 1.807) is 0 Å². The molecular formula is C15H24N2O2. The lowest BCUT2D eigenvalue weighted by Crippen LogP contribution is -2.46. The van der Waals surface area contributed by atoms with Gasteiger partial charge in [0, 0.05) is 12.6 Å². The Morgan fingerprint density at radius 1 is 1.47 bits per heavy atom. The van der Waals surface area contributed by atoms with Gasteiger partial charge in [-0.05, 0) is 51.9 Å². The number of ether oxygens (including phenoxy) is 1. The zero-order valence-corrected chi connectivity index (χ0v) is 11.9. The van der Waals surface area contributed by atoms with Gasteiger partial charge in [0.15, 0.2) is 0 Å². The summed E-state index contributed by atoms with van der Waals surface area (Å²) in [5.74, 6) is 0.309. The fraction of sp³-hybridized carbons (Fsp3) is 0.800. The van der Waals surface area contributed by atoms with Gasteiger partial charge in [0.1, 0.15) is 0 Å². The minimum absolute atomic E-state index is 0.0899. The molecule has 2 heterocycles. The molecule has 4 nitrogen and oxygen atoms in total. The van der Waals surface area contributed by atoms with Crippen molar-refractivity contribution in [2.45, 2.75) is 63.7 Å². The van der Waals surface area contributed by atoms with Gasteiger partial charge in [-0.1, -0.05) is 0 Å². The second-order valence-corrected chi connectivity index (χ2v) is 6.40. The van der Waals surface area contributed by atoms with E-state index < -0.39 is 6.10 Å². The minimum atomic E-state index is -0.411. The van der Waals surface area contributed by atoms with Crippen LogP contribution in [0.15, 0.2) is 12.5 Å². The molecule has 1 aromatic heterocycles. The Labute approximate surface area is 114 Å². The molecule has 1 aromatic rings. The smallest absolute Gasteiger partial charge is 0.0985 e. The van der Waals surface area contributed by atoms with Gasteiger partial charge >= 0.3 is 0 Å². The maximum Gasteiger partial charge on any atom is 0.0985 e. The van der Waals surface area contributed by atoms with Crippen molar-refractivity contribution in [3.63, 3.8) is 0 Å². The van der Waals surface area contributed by atoms with E-state index in [4.69, 9.17) is 4.74 Å². The van der Waals surface area contributed by atoms with E-state index in [9.17, 15) is 5.11 Å². The number of aliphatic hydroxyl groups is 1. The van der Waals surface area contributed by atoms with Crippen LogP contribution in [0.2, 0.25) is 0 Å². The van der Waals surface area contributed by atoms with Crippen molar-refractivity contribution >= 4 is 0 Å². The van der Waals surface area contributed by atoms with Gasteiger partial charge in [-0.3, -0.25) is 0 Å². The Hall–Kier alpha value is -0.870. The van der Waals surface area contributed by atoms with Crippen molar-refractivity contribution in [3.8, 4) is 0 Å². The van der Waals surface area contributed by atoms with Crippen LogP contribution < -0.4 is 0 Å². The van der Waals surface area contributed by atoms with Crippen LogP contribution in [0.25, 0.3) is 0 Å². The number of aromatic nitrogens is 2. The van der Waals surface area contributed by atoms with E-state index in [0.717, 1.165) is 25.1 Å².